The van der Waals surface area contributed by atoms with Crippen molar-refractivity contribution in [3.63, 3.8) is 0 Å². The molecule has 0 radical (unpaired) electrons. The van der Waals surface area contributed by atoms with Crippen LogP contribution in [0.2, 0.25) is 0 Å². The number of fused-ring (bicyclic) bond motifs is 5. The van der Waals surface area contributed by atoms with Gasteiger partial charge in [0.2, 0.25) is 0 Å². The largest absolute Gasteiger partial charge is 0.378 e. The highest BCUT2D eigenvalue weighted by molar-refractivity contribution is 5.13. The van der Waals surface area contributed by atoms with Crippen molar-refractivity contribution in [2.75, 3.05) is 39.4 Å². The van der Waals surface area contributed by atoms with Crippen molar-refractivity contribution < 1.29 is 9.47 Å². The Balaban J connectivity index is 1.35. The lowest BCUT2D eigenvalue weighted by molar-refractivity contribution is -0.192. The number of ether oxygens (including phenoxy) is 2. The molecule has 0 heterocycles. The highest BCUT2D eigenvalue weighted by atomic mass is 16.5. The summed E-state index contributed by atoms with van der Waals surface area (Å²) in [6.45, 7) is 15.8. The van der Waals surface area contributed by atoms with Gasteiger partial charge in [0.25, 0.3) is 0 Å². The van der Waals surface area contributed by atoms with Crippen LogP contribution >= 0.6 is 0 Å². The van der Waals surface area contributed by atoms with Crippen LogP contribution in [0.4, 0.5) is 0 Å². The fourth-order valence-corrected chi connectivity index (χ4v) is 11.1. The lowest BCUT2D eigenvalue weighted by Gasteiger charge is -2.63. The van der Waals surface area contributed by atoms with E-state index in [2.05, 4.69) is 33.0 Å². The van der Waals surface area contributed by atoms with E-state index in [0.717, 1.165) is 74.7 Å². The Labute approximate surface area is 267 Å². The molecular weight excluding hydrogens is 530 g/mol. The Kier molecular flexibility index (Phi) is 14.6. The van der Waals surface area contributed by atoms with E-state index in [1.165, 1.54) is 116 Å². The molecule has 4 rings (SSSR count). The molecule has 252 valence electrons. The van der Waals surface area contributed by atoms with Crippen LogP contribution in [0.5, 0.6) is 0 Å². The summed E-state index contributed by atoms with van der Waals surface area (Å²) in [7, 11) is 0. The van der Waals surface area contributed by atoms with E-state index in [9.17, 15) is 0 Å². The number of hydrogen-bond donors (Lipinski definition) is 3. The molecule has 0 spiro atoms. The minimum absolute atomic E-state index is 0.312. The third-order valence-corrected chi connectivity index (χ3v) is 13.5. The van der Waals surface area contributed by atoms with Gasteiger partial charge in [-0.1, -0.05) is 59.8 Å². The van der Waals surface area contributed by atoms with Crippen LogP contribution in [0.15, 0.2) is 0 Å². The summed E-state index contributed by atoms with van der Waals surface area (Å²) < 4.78 is 13.3. The maximum atomic E-state index is 6.96. The highest BCUT2D eigenvalue weighted by Gasteiger charge is 2.64. The molecule has 0 aromatic heterocycles. The predicted octanol–water partition coefficient (Wildman–Crippen LogP) is 8.09. The normalized spacial score (nSPS) is 38.0. The SMILES string of the molecule is CCCCCCCCNCCC[C@@H](C)C1CCC2[C@@H]3CC[C@@H]4C[C@H](OCCCN)CC[C@]4(C)C3C[C@H](OCCCN)[C@@]21C. The first kappa shape index (κ1) is 35.7. The molecule has 0 aromatic carbocycles. The van der Waals surface area contributed by atoms with E-state index >= 15 is 0 Å². The van der Waals surface area contributed by atoms with Gasteiger partial charge in [0, 0.05) is 13.2 Å². The Morgan fingerprint density at radius 1 is 0.767 bits per heavy atom. The maximum absolute atomic E-state index is 6.96. The first-order chi connectivity index (χ1) is 20.9. The smallest absolute Gasteiger partial charge is 0.0637 e. The van der Waals surface area contributed by atoms with E-state index in [1.807, 2.05) is 0 Å². The molecular formula is C38H73N3O2. The van der Waals surface area contributed by atoms with E-state index in [4.69, 9.17) is 20.9 Å². The van der Waals surface area contributed by atoms with E-state index < -0.39 is 0 Å². The van der Waals surface area contributed by atoms with Crippen LogP contribution in [0.25, 0.3) is 0 Å². The lowest BCUT2D eigenvalue weighted by Crippen LogP contribution is -2.59. The molecule has 0 aliphatic heterocycles. The molecule has 0 amide bonds. The first-order valence-electron chi connectivity index (χ1n) is 19.2. The van der Waals surface area contributed by atoms with Gasteiger partial charge in [-0.15, -0.1) is 0 Å². The van der Waals surface area contributed by atoms with Crippen LogP contribution in [0.1, 0.15) is 143 Å². The van der Waals surface area contributed by atoms with Gasteiger partial charge in [0.1, 0.15) is 0 Å². The van der Waals surface area contributed by atoms with Gasteiger partial charge in [-0.3, -0.25) is 0 Å². The van der Waals surface area contributed by atoms with Gasteiger partial charge in [0.05, 0.1) is 12.2 Å². The Bertz CT molecular complexity index is 780. The molecule has 0 aromatic rings. The summed E-state index contributed by atoms with van der Waals surface area (Å²) in [6, 6.07) is 0. The topological polar surface area (TPSA) is 82.5 Å². The fourth-order valence-electron chi connectivity index (χ4n) is 11.1. The summed E-state index contributed by atoms with van der Waals surface area (Å²) in [5, 5.41) is 3.77. The number of hydrogen-bond acceptors (Lipinski definition) is 5. The van der Waals surface area contributed by atoms with Gasteiger partial charge in [-0.2, -0.15) is 0 Å². The second-order valence-corrected chi connectivity index (χ2v) is 16.0. The molecule has 43 heavy (non-hydrogen) atoms. The zero-order chi connectivity index (χ0) is 30.7. The lowest BCUT2D eigenvalue weighted by atomic mass is 9.43. The summed E-state index contributed by atoms with van der Waals surface area (Å²) in [6.07, 6.45) is 24.5. The molecule has 3 unspecified atom stereocenters. The fraction of sp³-hybridized carbons (Fsp3) is 1.00. The van der Waals surface area contributed by atoms with Gasteiger partial charge in [-0.25, -0.2) is 0 Å². The summed E-state index contributed by atoms with van der Waals surface area (Å²) in [5.41, 5.74) is 12.4. The summed E-state index contributed by atoms with van der Waals surface area (Å²) in [4.78, 5) is 0. The Morgan fingerprint density at radius 3 is 2.26 bits per heavy atom. The van der Waals surface area contributed by atoms with Crippen molar-refractivity contribution in [1.29, 1.82) is 0 Å². The third kappa shape index (κ3) is 8.59. The van der Waals surface area contributed by atoms with Gasteiger partial charge >= 0.3 is 0 Å². The molecule has 0 bridgehead atoms. The molecule has 4 saturated carbocycles. The van der Waals surface area contributed by atoms with Crippen molar-refractivity contribution in [3.05, 3.63) is 0 Å². The molecule has 4 aliphatic carbocycles. The van der Waals surface area contributed by atoms with Crippen LogP contribution in [-0.4, -0.2) is 51.6 Å². The first-order valence-corrected chi connectivity index (χ1v) is 19.2. The van der Waals surface area contributed by atoms with Crippen molar-refractivity contribution in [3.8, 4) is 0 Å². The van der Waals surface area contributed by atoms with Crippen molar-refractivity contribution in [2.45, 2.75) is 155 Å². The minimum atomic E-state index is 0.312. The quantitative estimate of drug-likeness (QED) is 0.123. The average molecular weight is 604 g/mol. The number of nitrogens with one attached hydrogen (secondary N) is 1. The Hall–Kier alpha value is -0.200. The van der Waals surface area contributed by atoms with E-state index in [0.29, 0.717) is 23.0 Å². The number of unbranched alkanes of at least 4 members (excludes halogenated alkanes) is 5. The molecule has 4 fully saturated rings. The van der Waals surface area contributed by atoms with Crippen molar-refractivity contribution >= 4 is 0 Å². The second kappa shape index (κ2) is 17.6. The molecule has 5 nitrogen and oxygen atoms in total. The Morgan fingerprint density at radius 2 is 1.49 bits per heavy atom. The highest BCUT2D eigenvalue weighted by Crippen LogP contribution is 2.69. The van der Waals surface area contributed by atoms with Crippen LogP contribution in [0, 0.1) is 46.3 Å². The molecule has 4 aliphatic rings. The monoisotopic (exact) mass is 604 g/mol. The standard InChI is InChI=1S/C38H73N3O2/c1-5-6-7-8-9-10-23-41-24-11-14-29(2)33-17-18-34-32-16-15-30-27-31(42-25-12-21-39)19-20-37(30,3)35(32)28-36(38(33,34)4)43-26-13-22-40/h29-36,41H,5-28,39-40H2,1-4H3/t29-,30-,31-,32+,33?,34?,35?,36+,37+,38-/m1/s1. The van der Waals surface area contributed by atoms with Crippen molar-refractivity contribution in [1.82, 2.24) is 5.32 Å². The maximum Gasteiger partial charge on any atom is 0.0637 e. The number of rotatable bonds is 20. The summed E-state index contributed by atoms with van der Waals surface area (Å²) >= 11 is 0. The van der Waals surface area contributed by atoms with E-state index in [-0.39, 0.29) is 0 Å². The predicted molar refractivity (Wildman–Crippen MR) is 182 cm³/mol. The third-order valence-electron chi connectivity index (χ3n) is 13.5. The average Bonchev–Trinajstić information content (AvgIpc) is 3.37. The zero-order valence-electron chi connectivity index (χ0n) is 29.1. The van der Waals surface area contributed by atoms with Gasteiger partial charge < -0.3 is 26.3 Å². The summed E-state index contributed by atoms with van der Waals surface area (Å²) in [5.74, 6) is 4.88. The van der Waals surface area contributed by atoms with Gasteiger partial charge in [0.15, 0.2) is 0 Å². The molecule has 10 atom stereocenters. The number of nitrogens with two attached hydrogens (primary N) is 2. The van der Waals surface area contributed by atoms with Gasteiger partial charge in [-0.05, 0) is 156 Å². The molecule has 0 saturated heterocycles. The minimum Gasteiger partial charge on any atom is -0.378 e. The molecule has 5 N–H and O–H groups in total. The van der Waals surface area contributed by atoms with Crippen LogP contribution < -0.4 is 16.8 Å². The van der Waals surface area contributed by atoms with E-state index in [1.54, 1.807) is 0 Å². The zero-order valence-corrected chi connectivity index (χ0v) is 29.1. The van der Waals surface area contributed by atoms with Crippen LogP contribution in [0.3, 0.4) is 0 Å². The second-order valence-electron chi connectivity index (χ2n) is 16.0. The van der Waals surface area contributed by atoms with Crippen LogP contribution in [-0.2, 0) is 9.47 Å². The molecule has 5 heteroatoms. The van der Waals surface area contributed by atoms with Crippen molar-refractivity contribution in [2.24, 2.45) is 57.8 Å².